The maximum Gasteiger partial charge on any atom is 0.229 e. The number of hydrogen-bond acceptors (Lipinski definition) is 7. The zero-order chi connectivity index (χ0) is 19.8. The van der Waals surface area contributed by atoms with Crippen LogP contribution in [0.25, 0.3) is 20.4 Å². The summed E-state index contributed by atoms with van der Waals surface area (Å²) < 4.78 is 7.51. The van der Waals surface area contributed by atoms with Gasteiger partial charge in [0.15, 0.2) is 10.3 Å². The van der Waals surface area contributed by atoms with Gasteiger partial charge in [-0.25, -0.2) is 9.97 Å². The third-order valence-corrected chi connectivity index (χ3v) is 7.28. The van der Waals surface area contributed by atoms with E-state index < -0.39 is 0 Å². The molecule has 1 N–H and O–H groups in total. The molecular formula is C21H20N4O2S2. The summed E-state index contributed by atoms with van der Waals surface area (Å²) in [5.41, 5.74) is 1.91. The van der Waals surface area contributed by atoms with Gasteiger partial charge in [0.2, 0.25) is 5.91 Å². The first-order valence-electron chi connectivity index (χ1n) is 9.55. The topological polar surface area (TPSA) is 67.3 Å². The molecule has 0 radical (unpaired) electrons. The van der Waals surface area contributed by atoms with Crippen molar-refractivity contribution in [2.45, 2.75) is 12.8 Å². The Kier molecular flexibility index (Phi) is 4.81. The molecule has 0 atom stereocenters. The van der Waals surface area contributed by atoms with Crippen LogP contribution < -0.4 is 15.0 Å². The third-order valence-electron chi connectivity index (χ3n) is 5.24. The van der Waals surface area contributed by atoms with Gasteiger partial charge in [-0.1, -0.05) is 34.8 Å². The maximum absolute atomic E-state index is 12.7. The number of rotatable bonds is 4. The summed E-state index contributed by atoms with van der Waals surface area (Å²) in [6.45, 7) is 1.66. The number of fused-ring (bicyclic) bond motifs is 2. The van der Waals surface area contributed by atoms with Gasteiger partial charge in [-0.3, -0.25) is 4.79 Å². The Bertz CT molecular complexity index is 1140. The van der Waals surface area contributed by atoms with E-state index in [0.29, 0.717) is 5.13 Å². The van der Waals surface area contributed by atoms with E-state index in [4.69, 9.17) is 9.72 Å². The number of thiazole rings is 2. The summed E-state index contributed by atoms with van der Waals surface area (Å²) in [4.78, 5) is 24.2. The van der Waals surface area contributed by atoms with Crippen molar-refractivity contribution in [2.75, 3.05) is 30.4 Å². The van der Waals surface area contributed by atoms with Crippen molar-refractivity contribution in [3.05, 3.63) is 42.5 Å². The highest BCUT2D eigenvalue weighted by Gasteiger charge is 2.27. The molecule has 29 heavy (non-hydrogen) atoms. The predicted molar refractivity (Wildman–Crippen MR) is 119 cm³/mol. The summed E-state index contributed by atoms with van der Waals surface area (Å²) in [6, 6.07) is 13.9. The predicted octanol–water partition coefficient (Wildman–Crippen LogP) is 4.77. The molecule has 8 heteroatoms. The SMILES string of the molecule is COc1ccc2nc(N3CCC(C(=O)Nc4nc5ccccc5s4)CC3)sc2c1. The lowest BCUT2D eigenvalue weighted by atomic mass is 9.96. The van der Waals surface area contributed by atoms with Crippen molar-refractivity contribution >= 4 is 59.3 Å². The molecule has 0 unspecified atom stereocenters. The molecule has 5 rings (SSSR count). The Morgan fingerprint density at radius 3 is 2.66 bits per heavy atom. The van der Waals surface area contributed by atoms with Gasteiger partial charge in [-0.2, -0.15) is 0 Å². The number of para-hydroxylation sites is 1. The highest BCUT2D eigenvalue weighted by Crippen LogP contribution is 2.34. The van der Waals surface area contributed by atoms with Crippen LogP contribution in [-0.4, -0.2) is 36.1 Å². The number of nitrogens with zero attached hydrogens (tertiary/aromatic N) is 3. The molecule has 148 valence electrons. The zero-order valence-electron chi connectivity index (χ0n) is 15.9. The van der Waals surface area contributed by atoms with E-state index in [1.54, 1.807) is 18.4 Å². The molecule has 1 fully saturated rings. The summed E-state index contributed by atoms with van der Waals surface area (Å²) in [6.07, 6.45) is 1.63. The standard InChI is InChI=1S/C21H20N4O2S2/c1-27-14-6-7-16-18(12-14)29-21(23-16)25-10-8-13(9-11-25)19(26)24-20-22-15-4-2-3-5-17(15)28-20/h2-7,12-13H,8-11H2,1H3,(H,22,24,26). The molecule has 0 aliphatic carbocycles. The quantitative estimate of drug-likeness (QED) is 0.511. The minimum absolute atomic E-state index is 0.00716. The number of piperidine rings is 1. The number of carbonyl (C=O) groups is 1. The molecule has 1 amide bonds. The summed E-state index contributed by atoms with van der Waals surface area (Å²) in [5.74, 6) is 0.920. The molecule has 4 aromatic rings. The van der Waals surface area contributed by atoms with Gasteiger partial charge in [0.25, 0.3) is 0 Å². The number of benzene rings is 2. The van der Waals surface area contributed by atoms with E-state index in [1.807, 2.05) is 42.5 Å². The molecule has 0 spiro atoms. The highest BCUT2D eigenvalue weighted by atomic mass is 32.1. The van der Waals surface area contributed by atoms with E-state index in [9.17, 15) is 4.79 Å². The van der Waals surface area contributed by atoms with Crippen LogP contribution in [-0.2, 0) is 4.79 Å². The second-order valence-corrected chi connectivity index (χ2v) is 9.11. The van der Waals surface area contributed by atoms with Gasteiger partial charge < -0.3 is 15.0 Å². The van der Waals surface area contributed by atoms with E-state index in [2.05, 4.69) is 15.2 Å². The van der Waals surface area contributed by atoms with Crippen molar-refractivity contribution in [1.29, 1.82) is 0 Å². The zero-order valence-corrected chi connectivity index (χ0v) is 17.6. The van der Waals surface area contributed by atoms with Crippen LogP contribution in [0.2, 0.25) is 0 Å². The van der Waals surface area contributed by atoms with Gasteiger partial charge in [-0.15, -0.1) is 0 Å². The van der Waals surface area contributed by atoms with E-state index in [1.165, 1.54) is 11.3 Å². The second kappa shape index (κ2) is 7.61. The maximum atomic E-state index is 12.7. The van der Waals surface area contributed by atoms with Gasteiger partial charge >= 0.3 is 0 Å². The molecule has 2 aromatic heterocycles. The van der Waals surface area contributed by atoms with Crippen molar-refractivity contribution in [2.24, 2.45) is 5.92 Å². The fourth-order valence-electron chi connectivity index (χ4n) is 3.62. The number of carbonyl (C=O) groups excluding carboxylic acids is 1. The molecule has 1 saturated heterocycles. The van der Waals surface area contributed by atoms with E-state index in [-0.39, 0.29) is 11.8 Å². The summed E-state index contributed by atoms with van der Waals surface area (Å²) in [5, 5.41) is 4.70. The molecular weight excluding hydrogens is 404 g/mol. The average Bonchev–Trinajstić information content (AvgIpc) is 3.36. The van der Waals surface area contributed by atoms with Crippen LogP contribution in [0.15, 0.2) is 42.5 Å². The van der Waals surface area contributed by atoms with Crippen LogP contribution in [0.4, 0.5) is 10.3 Å². The van der Waals surface area contributed by atoms with Crippen LogP contribution in [0.1, 0.15) is 12.8 Å². The van der Waals surface area contributed by atoms with Gasteiger partial charge in [0, 0.05) is 19.0 Å². The van der Waals surface area contributed by atoms with Crippen molar-refractivity contribution < 1.29 is 9.53 Å². The summed E-state index contributed by atoms with van der Waals surface area (Å²) in [7, 11) is 1.67. The molecule has 0 bridgehead atoms. The van der Waals surface area contributed by atoms with Crippen molar-refractivity contribution in [1.82, 2.24) is 9.97 Å². The number of methoxy groups -OCH3 is 1. The van der Waals surface area contributed by atoms with Crippen LogP contribution in [0.3, 0.4) is 0 Å². The van der Waals surface area contributed by atoms with Crippen LogP contribution >= 0.6 is 22.7 Å². The third kappa shape index (κ3) is 3.65. The van der Waals surface area contributed by atoms with Crippen LogP contribution in [0, 0.1) is 5.92 Å². The molecule has 2 aromatic carbocycles. The molecule has 1 aliphatic rings. The lowest BCUT2D eigenvalue weighted by Gasteiger charge is -2.30. The lowest BCUT2D eigenvalue weighted by molar-refractivity contribution is -0.120. The number of amides is 1. The number of hydrogen-bond donors (Lipinski definition) is 1. The highest BCUT2D eigenvalue weighted by molar-refractivity contribution is 7.22. The molecule has 0 saturated carbocycles. The molecule has 3 heterocycles. The van der Waals surface area contributed by atoms with Crippen LogP contribution in [0.5, 0.6) is 5.75 Å². The number of aromatic nitrogens is 2. The Morgan fingerprint density at radius 1 is 1.07 bits per heavy atom. The Morgan fingerprint density at radius 2 is 1.86 bits per heavy atom. The minimum atomic E-state index is 0.00716. The monoisotopic (exact) mass is 424 g/mol. The Hall–Kier alpha value is -2.71. The van der Waals surface area contributed by atoms with Gasteiger partial charge in [-0.05, 0) is 43.2 Å². The smallest absolute Gasteiger partial charge is 0.229 e. The Balaban J connectivity index is 1.23. The number of anilines is 2. The molecule has 1 aliphatic heterocycles. The second-order valence-electron chi connectivity index (χ2n) is 7.07. The number of nitrogens with one attached hydrogen (secondary N) is 1. The van der Waals surface area contributed by atoms with Gasteiger partial charge in [0.1, 0.15) is 5.75 Å². The number of ether oxygens (including phenoxy) is 1. The first kappa shape index (κ1) is 18.3. The average molecular weight is 425 g/mol. The molecule has 6 nitrogen and oxygen atoms in total. The Labute approximate surface area is 176 Å². The van der Waals surface area contributed by atoms with Crippen molar-refractivity contribution in [3.8, 4) is 5.75 Å². The fourth-order valence-corrected chi connectivity index (χ4v) is 5.54. The minimum Gasteiger partial charge on any atom is -0.497 e. The lowest BCUT2D eigenvalue weighted by Crippen LogP contribution is -2.38. The fraction of sp³-hybridized carbons (Fsp3) is 0.286. The largest absolute Gasteiger partial charge is 0.497 e. The van der Waals surface area contributed by atoms with E-state index in [0.717, 1.165) is 57.2 Å². The van der Waals surface area contributed by atoms with Gasteiger partial charge in [0.05, 0.1) is 27.5 Å². The normalized spacial score (nSPS) is 15.1. The first-order valence-corrected chi connectivity index (χ1v) is 11.2. The summed E-state index contributed by atoms with van der Waals surface area (Å²) >= 11 is 3.19. The van der Waals surface area contributed by atoms with E-state index >= 15 is 0 Å². The van der Waals surface area contributed by atoms with Crippen molar-refractivity contribution in [3.63, 3.8) is 0 Å². The first-order chi connectivity index (χ1) is 14.2.